The van der Waals surface area contributed by atoms with Crippen molar-refractivity contribution in [1.82, 2.24) is 42.0 Å². The maximum atomic E-state index is 14.2. The van der Waals surface area contributed by atoms with Gasteiger partial charge in [0.1, 0.15) is 24.2 Å². The number of H-pyrrole nitrogens is 1. The van der Waals surface area contributed by atoms with Crippen molar-refractivity contribution in [2.75, 3.05) is 12.9 Å². The molecule has 15 nitrogen and oxygen atoms in total. The lowest BCUT2D eigenvalue weighted by Crippen LogP contribution is -2.62. The molecule has 6 amide bonds. The molecule has 0 bridgehead atoms. The first-order chi connectivity index (χ1) is 26.4. The topological polar surface area (TPSA) is 214 Å². The number of amides is 6. The molecule has 8 N–H and O–H groups in total. The van der Waals surface area contributed by atoms with Crippen molar-refractivity contribution in [2.24, 2.45) is 11.8 Å². The standard InChI is InChI=1S/C40H56N8O7S/c1-22(2)31(45-35(51)30(43-24(5)49)19-26-20-42-28-17-13-12-16-27(26)28)36(52)44-29(18-25-14-10-9-11-15-25)33(50)39(55)48-21-56-40(6,7)34(48)38(54)46-37(53)32(23(3)4)47-41-8/h9-17,20,22-23,29-34,41-42,47,50H,18-19,21H2,1-8H3,(H,43,49)(H,44,52)(H,45,51)(H,46,53,54)/t29-,30-,31-,32-,33-,34+/m0/s1. The minimum atomic E-state index is -1.81. The molecule has 0 saturated carbocycles. The fourth-order valence-electron chi connectivity index (χ4n) is 6.86. The molecule has 0 spiro atoms. The highest BCUT2D eigenvalue weighted by molar-refractivity contribution is 8.00. The Morgan fingerprint density at radius 1 is 0.857 bits per heavy atom. The number of nitrogens with one attached hydrogen (secondary N) is 7. The Morgan fingerprint density at radius 2 is 1.50 bits per heavy atom. The Morgan fingerprint density at radius 3 is 2.12 bits per heavy atom. The van der Waals surface area contributed by atoms with Crippen LogP contribution in [0.2, 0.25) is 0 Å². The van der Waals surface area contributed by atoms with Crippen molar-refractivity contribution in [2.45, 2.75) is 102 Å². The second-order valence-electron chi connectivity index (χ2n) is 15.4. The molecule has 304 valence electrons. The summed E-state index contributed by atoms with van der Waals surface area (Å²) in [4.78, 5) is 85.6. The van der Waals surface area contributed by atoms with E-state index < -0.39 is 82.4 Å². The van der Waals surface area contributed by atoms with E-state index in [-0.39, 0.29) is 24.6 Å². The Hall–Kier alpha value is -4.77. The normalized spacial score (nSPS) is 17.8. The number of carbonyl (C=O) groups is 6. The maximum Gasteiger partial charge on any atom is 0.254 e. The van der Waals surface area contributed by atoms with E-state index in [0.29, 0.717) is 5.56 Å². The van der Waals surface area contributed by atoms with Gasteiger partial charge in [-0.3, -0.25) is 39.5 Å². The molecular weight excluding hydrogens is 737 g/mol. The van der Waals surface area contributed by atoms with Crippen molar-refractivity contribution >= 4 is 58.1 Å². The van der Waals surface area contributed by atoms with Gasteiger partial charge < -0.3 is 30.9 Å². The number of carbonyl (C=O) groups excluding carboxylic acids is 6. The predicted octanol–water partition coefficient (Wildman–Crippen LogP) is 1.52. The molecule has 0 aliphatic carbocycles. The number of benzene rings is 2. The number of hydrogen-bond acceptors (Lipinski definition) is 10. The molecule has 4 rings (SSSR count). The molecule has 0 unspecified atom stereocenters. The number of aromatic amines is 1. The van der Waals surface area contributed by atoms with Crippen molar-refractivity contribution < 1.29 is 33.9 Å². The van der Waals surface area contributed by atoms with Crippen LogP contribution in [0.3, 0.4) is 0 Å². The summed E-state index contributed by atoms with van der Waals surface area (Å²) in [6, 6.07) is 11.4. The molecule has 56 heavy (non-hydrogen) atoms. The monoisotopic (exact) mass is 792 g/mol. The molecule has 1 aliphatic heterocycles. The van der Waals surface area contributed by atoms with Crippen molar-refractivity contribution in [3.05, 3.63) is 71.9 Å². The molecule has 6 atom stereocenters. The zero-order chi connectivity index (χ0) is 41.3. The lowest BCUT2D eigenvalue weighted by Gasteiger charge is -2.34. The van der Waals surface area contributed by atoms with Gasteiger partial charge in [-0.2, -0.15) is 0 Å². The molecule has 1 saturated heterocycles. The second kappa shape index (κ2) is 19.4. The van der Waals surface area contributed by atoms with Gasteiger partial charge in [0.2, 0.25) is 23.6 Å². The highest BCUT2D eigenvalue weighted by Gasteiger charge is 2.50. The zero-order valence-electron chi connectivity index (χ0n) is 33.3. The van der Waals surface area contributed by atoms with Crippen LogP contribution in [0.4, 0.5) is 0 Å². The van der Waals surface area contributed by atoms with Crippen LogP contribution in [0.25, 0.3) is 10.9 Å². The van der Waals surface area contributed by atoms with E-state index in [1.165, 1.54) is 23.6 Å². The van der Waals surface area contributed by atoms with Crippen LogP contribution in [0, 0.1) is 11.8 Å². The summed E-state index contributed by atoms with van der Waals surface area (Å²) in [5.41, 5.74) is 7.97. The number of aromatic nitrogens is 1. The highest BCUT2D eigenvalue weighted by atomic mass is 32.2. The van der Waals surface area contributed by atoms with Crippen LogP contribution >= 0.6 is 11.8 Å². The van der Waals surface area contributed by atoms with E-state index in [1.807, 2.05) is 44.2 Å². The second-order valence-corrected chi connectivity index (χ2v) is 17.0. The van der Waals surface area contributed by atoms with Gasteiger partial charge in [0.25, 0.3) is 11.8 Å². The first-order valence-corrected chi connectivity index (χ1v) is 19.8. The van der Waals surface area contributed by atoms with Crippen LogP contribution in [0.15, 0.2) is 60.8 Å². The summed E-state index contributed by atoms with van der Waals surface area (Å²) in [5.74, 6) is -4.28. The van der Waals surface area contributed by atoms with Crippen LogP contribution in [-0.2, 0) is 41.6 Å². The summed E-state index contributed by atoms with van der Waals surface area (Å²) in [7, 11) is 1.61. The lowest BCUT2D eigenvalue weighted by atomic mass is 9.95. The molecule has 1 fully saturated rings. The molecule has 1 aromatic heterocycles. The maximum absolute atomic E-state index is 14.2. The fourth-order valence-corrected chi connectivity index (χ4v) is 8.00. The van der Waals surface area contributed by atoms with Crippen LogP contribution < -0.4 is 32.1 Å². The number of rotatable bonds is 17. The van der Waals surface area contributed by atoms with Gasteiger partial charge in [0.05, 0.1) is 11.9 Å². The number of fused-ring (bicyclic) bond motifs is 1. The van der Waals surface area contributed by atoms with Crippen LogP contribution in [0.1, 0.15) is 59.6 Å². The molecule has 1 aliphatic rings. The van der Waals surface area contributed by atoms with Crippen molar-refractivity contribution in [1.29, 1.82) is 0 Å². The van der Waals surface area contributed by atoms with Gasteiger partial charge in [0.15, 0.2) is 6.10 Å². The number of nitrogens with zero attached hydrogens (tertiary/aromatic N) is 1. The van der Waals surface area contributed by atoms with Gasteiger partial charge >= 0.3 is 0 Å². The number of thioether (sulfide) groups is 1. The molecule has 3 aromatic rings. The lowest BCUT2D eigenvalue weighted by molar-refractivity contribution is -0.149. The van der Waals surface area contributed by atoms with E-state index in [2.05, 4.69) is 37.1 Å². The molecule has 0 radical (unpaired) electrons. The first kappa shape index (κ1) is 44.0. The smallest absolute Gasteiger partial charge is 0.254 e. The third-order valence-corrected chi connectivity index (χ3v) is 11.2. The van der Waals surface area contributed by atoms with Gasteiger partial charge in [0, 0.05) is 35.2 Å². The zero-order valence-corrected chi connectivity index (χ0v) is 34.1. The summed E-state index contributed by atoms with van der Waals surface area (Å²) < 4.78 is -0.828. The van der Waals surface area contributed by atoms with E-state index in [4.69, 9.17) is 0 Å². The third-order valence-electron chi connectivity index (χ3n) is 9.87. The SMILES string of the molecule is CNN[C@H](C(=O)NC(=O)[C@H]1N(C(=O)[C@@H](O)[C@H](Cc2ccccc2)NC(=O)[C@@H](NC(=O)[C@H](Cc2c[nH]c3ccccc23)NC(C)=O)C(C)C)CSC1(C)C)C(C)C. The van der Waals surface area contributed by atoms with Gasteiger partial charge in [-0.15, -0.1) is 11.8 Å². The van der Waals surface area contributed by atoms with Crippen molar-refractivity contribution in [3.63, 3.8) is 0 Å². The fraction of sp³-hybridized carbons (Fsp3) is 0.500. The average molecular weight is 793 g/mol. The Bertz CT molecular complexity index is 1870. The van der Waals surface area contributed by atoms with Gasteiger partial charge in [-0.05, 0) is 56.3 Å². The van der Waals surface area contributed by atoms with E-state index in [9.17, 15) is 33.9 Å². The van der Waals surface area contributed by atoms with Crippen LogP contribution in [-0.4, -0.2) is 104 Å². The minimum absolute atomic E-state index is 0.0405. The van der Waals surface area contributed by atoms with E-state index in [1.54, 1.807) is 65.2 Å². The molecule has 2 aromatic carbocycles. The first-order valence-electron chi connectivity index (χ1n) is 18.8. The molecule has 2 heterocycles. The summed E-state index contributed by atoms with van der Waals surface area (Å²) in [6.45, 7) is 12.0. The van der Waals surface area contributed by atoms with E-state index >= 15 is 0 Å². The third kappa shape index (κ3) is 11.0. The quantitative estimate of drug-likeness (QED) is 0.0924. The van der Waals surface area contributed by atoms with Crippen LogP contribution in [0.5, 0.6) is 0 Å². The van der Waals surface area contributed by atoms with Gasteiger partial charge in [-0.1, -0.05) is 76.2 Å². The van der Waals surface area contributed by atoms with E-state index in [0.717, 1.165) is 16.5 Å². The number of imide groups is 1. The Balaban J connectivity index is 1.56. The number of aliphatic hydroxyl groups excluding tert-OH is 1. The number of hydrazine groups is 1. The highest BCUT2D eigenvalue weighted by Crippen LogP contribution is 2.40. The summed E-state index contributed by atoms with van der Waals surface area (Å²) in [6.07, 6.45) is 0.160. The number of aliphatic hydroxyl groups is 1. The van der Waals surface area contributed by atoms with Gasteiger partial charge in [-0.25, -0.2) is 5.43 Å². The summed E-state index contributed by atoms with van der Waals surface area (Å²) >= 11 is 1.32. The Labute approximate surface area is 332 Å². The summed E-state index contributed by atoms with van der Waals surface area (Å²) in [5, 5.41) is 23.5. The largest absolute Gasteiger partial charge is 0.381 e. The number of para-hydroxylation sites is 1. The number of hydrogen-bond donors (Lipinski definition) is 8. The molecular formula is C40H56N8O7S. The minimum Gasteiger partial charge on any atom is -0.381 e. The molecule has 16 heteroatoms. The average Bonchev–Trinajstić information content (AvgIpc) is 3.70. The van der Waals surface area contributed by atoms with Crippen molar-refractivity contribution in [3.8, 4) is 0 Å². The predicted molar refractivity (Wildman–Crippen MR) is 216 cm³/mol. The Kier molecular flexibility index (Phi) is 15.2.